The standard InChI is InChI=1S/C17H18N2O4S/c1-21-12-5-6-14(22-2)13(8-12)17-19(16(20)10-24-17)11-4-7-15(23-3)18-9-11/h4-9,17H,10H2,1-3H3. The number of carbonyl (C=O) groups is 1. The molecule has 1 amide bonds. The van der Waals surface area contributed by atoms with Gasteiger partial charge in [0.2, 0.25) is 11.8 Å². The molecule has 2 aromatic rings. The molecule has 6 nitrogen and oxygen atoms in total. The second-order valence-electron chi connectivity index (χ2n) is 5.09. The largest absolute Gasteiger partial charge is 0.497 e. The third-order valence-electron chi connectivity index (χ3n) is 3.78. The minimum Gasteiger partial charge on any atom is -0.497 e. The van der Waals surface area contributed by atoms with Gasteiger partial charge in [0.15, 0.2) is 0 Å². The van der Waals surface area contributed by atoms with Crippen LogP contribution in [0.1, 0.15) is 10.9 Å². The number of pyridine rings is 1. The molecular formula is C17H18N2O4S. The van der Waals surface area contributed by atoms with Crippen molar-refractivity contribution in [3.63, 3.8) is 0 Å². The number of anilines is 1. The zero-order chi connectivity index (χ0) is 17.1. The Morgan fingerprint density at radius 3 is 2.58 bits per heavy atom. The molecule has 1 fully saturated rings. The lowest BCUT2D eigenvalue weighted by molar-refractivity contribution is -0.115. The second kappa shape index (κ2) is 7.00. The molecule has 0 spiro atoms. The predicted octanol–water partition coefficient (Wildman–Crippen LogP) is 2.89. The number of aromatic nitrogens is 1. The molecule has 0 N–H and O–H groups in total. The molecule has 1 aromatic carbocycles. The lowest BCUT2D eigenvalue weighted by Crippen LogP contribution is -2.28. The number of ether oxygens (including phenoxy) is 3. The van der Waals surface area contributed by atoms with E-state index < -0.39 is 0 Å². The van der Waals surface area contributed by atoms with Crippen LogP contribution in [0, 0.1) is 0 Å². The molecule has 2 heterocycles. The van der Waals surface area contributed by atoms with Crippen molar-refractivity contribution in [3.8, 4) is 17.4 Å². The molecule has 1 aliphatic heterocycles. The van der Waals surface area contributed by atoms with Crippen molar-refractivity contribution in [1.82, 2.24) is 4.98 Å². The van der Waals surface area contributed by atoms with E-state index >= 15 is 0 Å². The van der Waals surface area contributed by atoms with Crippen LogP contribution in [0.4, 0.5) is 5.69 Å². The average molecular weight is 346 g/mol. The number of methoxy groups -OCH3 is 3. The molecule has 1 aromatic heterocycles. The summed E-state index contributed by atoms with van der Waals surface area (Å²) in [4.78, 5) is 18.4. The van der Waals surface area contributed by atoms with Crippen LogP contribution in [0.25, 0.3) is 0 Å². The number of rotatable bonds is 5. The van der Waals surface area contributed by atoms with E-state index in [4.69, 9.17) is 14.2 Å². The highest BCUT2D eigenvalue weighted by molar-refractivity contribution is 8.00. The minimum absolute atomic E-state index is 0.0295. The lowest BCUT2D eigenvalue weighted by atomic mass is 10.1. The van der Waals surface area contributed by atoms with Gasteiger partial charge in [0, 0.05) is 11.6 Å². The van der Waals surface area contributed by atoms with Crippen molar-refractivity contribution < 1.29 is 19.0 Å². The van der Waals surface area contributed by atoms with E-state index in [9.17, 15) is 4.79 Å². The summed E-state index contributed by atoms with van der Waals surface area (Å²) in [5.74, 6) is 2.38. The molecule has 0 saturated carbocycles. The third kappa shape index (κ3) is 2.99. The Morgan fingerprint density at radius 2 is 1.96 bits per heavy atom. The zero-order valence-electron chi connectivity index (χ0n) is 13.7. The molecule has 24 heavy (non-hydrogen) atoms. The molecule has 0 bridgehead atoms. The lowest BCUT2D eigenvalue weighted by Gasteiger charge is -2.25. The minimum atomic E-state index is -0.197. The van der Waals surface area contributed by atoms with Crippen molar-refractivity contribution in [3.05, 3.63) is 42.1 Å². The zero-order valence-corrected chi connectivity index (χ0v) is 14.5. The number of nitrogens with zero attached hydrogens (tertiary/aromatic N) is 2. The topological polar surface area (TPSA) is 60.9 Å². The smallest absolute Gasteiger partial charge is 0.238 e. The summed E-state index contributed by atoms with van der Waals surface area (Å²) in [7, 11) is 4.79. The Balaban J connectivity index is 2.01. The van der Waals surface area contributed by atoms with E-state index in [2.05, 4.69) is 4.98 Å². The van der Waals surface area contributed by atoms with Crippen molar-refractivity contribution in [2.24, 2.45) is 0 Å². The Morgan fingerprint density at radius 1 is 1.12 bits per heavy atom. The summed E-state index contributed by atoms with van der Waals surface area (Å²) in [5.41, 5.74) is 1.61. The van der Waals surface area contributed by atoms with Crippen LogP contribution in [0.15, 0.2) is 36.5 Å². The molecule has 0 radical (unpaired) electrons. The normalized spacial score (nSPS) is 17.0. The fourth-order valence-electron chi connectivity index (χ4n) is 2.60. The van der Waals surface area contributed by atoms with Gasteiger partial charge in [-0.15, -0.1) is 11.8 Å². The van der Waals surface area contributed by atoms with Crippen LogP contribution in [0.5, 0.6) is 17.4 Å². The number of carbonyl (C=O) groups excluding carboxylic acids is 1. The third-order valence-corrected chi connectivity index (χ3v) is 4.97. The summed E-state index contributed by atoms with van der Waals surface area (Å²) in [5, 5.41) is -0.197. The Bertz CT molecular complexity index is 736. The van der Waals surface area contributed by atoms with Crippen molar-refractivity contribution in [2.75, 3.05) is 32.0 Å². The van der Waals surface area contributed by atoms with Crippen LogP contribution in [0.3, 0.4) is 0 Å². The second-order valence-corrected chi connectivity index (χ2v) is 6.16. The summed E-state index contributed by atoms with van der Waals surface area (Å²) in [6.45, 7) is 0. The van der Waals surface area contributed by atoms with E-state index in [1.807, 2.05) is 24.3 Å². The van der Waals surface area contributed by atoms with Gasteiger partial charge in [-0.25, -0.2) is 4.98 Å². The highest BCUT2D eigenvalue weighted by atomic mass is 32.2. The molecule has 1 saturated heterocycles. The fraction of sp³-hybridized carbons (Fsp3) is 0.294. The van der Waals surface area contributed by atoms with E-state index in [-0.39, 0.29) is 11.3 Å². The molecule has 1 aliphatic rings. The maximum absolute atomic E-state index is 12.4. The van der Waals surface area contributed by atoms with Crippen LogP contribution < -0.4 is 19.1 Å². The van der Waals surface area contributed by atoms with Crippen LogP contribution in [-0.2, 0) is 4.79 Å². The number of thioether (sulfide) groups is 1. The number of hydrogen-bond donors (Lipinski definition) is 0. The molecule has 3 rings (SSSR count). The van der Waals surface area contributed by atoms with Gasteiger partial charge in [-0.2, -0.15) is 0 Å². The van der Waals surface area contributed by atoms with Gasteiger partial charge in [0.25, 0.3) is 0 Å². The van der Waals surface area contributed by atoms with E-state index in [0.29, 0.717) is 11.6 Å². The maximum Gasteiger partial charge on any atom is 0.238 e. The van der Waals surface area contributed by atoms with Gasteiger partial charge in [0.1, 0.15) is 16.9 Å². The SMILES string of the molecule is COc1ccc(OC)c(C2SCC(=O)N2c2ccc(OC)nc2)c1. The number of hydrogen-bond acceptors (Lipinski definition) is 6. The van der Waals surface area contributed by atoms with E-state index in [1.54, 1.807) is 50.3 Å². The molecule has 1 unspecified atom stereocenters. The first-order valence-corrected chi connectivity index (χ1v) is 8.38. The Hall–Kier alpha value is -2.41. The summed E-state index contributed by atoms with van der Waals surface area (Å²) in [6.07, 6.45) is 1.64. The van der Waals surface area contributed by atoms with Gasteiger partial charge in [-0.05, 0) is 24.3 Å². The molecule has 0 aliphatic carbocycles. The van der Waals surface area contributed by atoms with Gasteiger partial charge in [-0.3, -0.25) is 9.69 Å². The van der Waals surface area contributed by atoms with E-state index in [1.165, 1.54) is 0 Å². The van der Waals surface area contributed by atoms with Crippen LogP contribution in [0.2, 0.25) is 0 Å². The van der Waals surface area contributed by atoms with Crippen molar-refractivity contribution >= 4 is 23.4 Å². The van der Waals surface area contributed by atoms with Gasteiger partial charge in [0.05, 0.1) is 39.0 Å². The highest BCUT2D eigenvalue weighted by Gasteiger charge is 2.36. The molecule has 7 heteroatoms. The Labute approximate surface area is 144 Å². The summed E-state index contributed by atoms with van der Waals surface area (Å²) in [6, 6.07) is 9.16. The number of benzene rings is 1. The van der Waals surface area contributed by atoms with Crippen LogP contribution >= 0.6 is 11.8 Å². The van der Waals surface area contributed by atoms with Crippen molar-refractivity contribution in [1.29, 1.82) is 0 Å². The first-order valence-electron chi connectivity index (χ1n) is 7.33. The maximum atomic E-state index is 12.4. The first kappa shape index (κ1) is 16.4. The van der Waals surface area contributed by atoms with Crippen molar-refractivity contribution in [2.45, 2.75) is 5.37 Å². The molecule has 1 atom stereocenters. The first-order chi connectivity index (χ1) is 11.7. The quantitative estimate of drug-likeness (QED) is 0.830. The van der Waals surface area contributed by atoms with Gasteiger partial charge < -0.3 is 14.2 Å². The summed E-state index contributed by atoms with van der Waals surface area (Å²) < 4.78 is 15.9. The fourth-order valence-corrected chi connectivity index (χ4v) is 3.79. The highest BCUT2D eigenvalue weighted by Crippen LogP contribution is 2.45. The molecule has 126 valence electrons. The average Bonchev–Trinajstić information content (AvgIpc) is 3.02. The van der Waals surface area contributed by atoms with Gasteiger partial charge >= 0.3 is 0 Å². The number of amides is 1. The predicted molar refractivity (Wildman–Crippen MR) is 93.0 cm³/mol. The van der Waals surface area contributed by atoms with Gasteiger partial charge in [-0.1, -0.05) is 0 Å². The van der Waals surface area contributed by atoms with E-state index in [0.717, 1.165) is 22.7 Å². The summed E-state index contributed by atoms with van der Waals surface area (Å²) >= 11 is 1.55. The van der Waals surface area contributed by atoms with Crippen LogP contribution in [-0.4, -0.2) is 38.0 Å². The Kier molecular flexibility index (Phi) is 4.80. The molecular weight excluding hydrogens is 328 g/mol. The monoisotopic (exact) mass is 346 g/mol.